The number of hydrogen-bond donors (Lipinski definition) is 1. The lowest BCUT2D eigenvalue weighted by molar-refractivity contribution is -0.136. The van der Waals surface area contributed by atoms with Crippen LogP contribution in [0.2, 0.25) is 0 Å². The third kappa shape index (κ3) is 1.95. The summed E-state index contributed by atoms with van der Waals surface area (Å²) < 4.78 is 44.3. The second-order valence-electron chi connectivity index (χ2n) is 4.93. The van der Waals surface area contributed by atoms with Crippen molar-refractivity contribution in [3.63, 3.8) is 0 Å². The van der Waals surface area contributed by atoms with Gasteiger partial charge in [-0.1, -0.05) is 0 Å². The lowest BCUT2D eigenvalue weighted by Gasteiger charge is -2.22. The fourth-order valence-corrected chi connectivity index (χ4v) is 2.71. The molecule has 106 valence electrons. The van der Waals surface area contributed by atoms with E-state index >= 15 is 0 Å². The number of hydrogen-bond acceptors (Lipinski definition) is 3. The third-order valence-corrected chi connectivity index (χ3v) is 3.54. The summed E-state index contributed by atoms with van der Waals surface area (Å²) >= 11 is 0. The molecule has 0 saturated carbocycles. The van der Waals surface area contributed by atoms with Crippen molar-refractivity contribution in [2.24, 2.45) is 0 Å². The molecule has 2 heterocycles. The number of rotatable bonds is 0. The van der Waals surface area contributed by atoms with Gasteiger partial charge >= 0.3 is 11.8 Å². The Labute approximate surface area is 112 Å². The fraction of sp³-hybridized carbons (Fsp3) is 0.357. The summed E-state index contributed by atoms with van der Waals surface area (Å²) in [5.41, 5.74) is 0.325. The summed E-state index contributed by atoms with van der Waals surface area (Å²) in [7, 11) is 0. The highest BCUT2D eigenvalue weighted by atomic mass is 19.4. The van der Waals surface area contributed by atoms with Gasteiger partial charge in [0.2, 0.25) is 0 Å². The van der Waals surface area contributed by atoms with Crippen molar-refractivity contribution in [3.8, 4) is 0 Å². The molecule has 1 aliphatic rings. The molecule has 3 nitrogen and oxygen atoms in total. The summed E-state index contributed by atoms with van der Waals surface area (Å²) in [5.74, 6) is 0. The van der Waals surface area contributed by atoms with Crippen molar-refractivity contribution < 1.29 is 17.6 Å². The maximum Gasteiger partial charge on any atom is 0.417 e. The SMILES string of the molecule is Cc1cc2c(C(F)(F)F)cc(=O)oc2c2c1NCCC2. The largest absolute Gasteiger partial charge is 0.422 e. The first kappa shape index (κ1) is 13.0. The maximum absolute atomic E-state index is 13.1. The Morgan fingerprint density at radius 3 is 2.75 bits per heavy atom. The number of nitrogens with one attached hydrogen (secondary N) is 1. The Kier molecular flexibility index (Phi) is 2.77. The number of aryl methyl sites for hydroxylation is 2. The quantitative estimate of drug-likeness (QED) is 0.753. The Morgan fingerprint density at radius 1 is 1.30 bits per heavy atom. The molecule has 3 rings (SSSR count). The molecule has 0 bridgehead atoms. The van der Waals surface area contributed by atoms with Crippen molar-refractivity contribution in [2.75, 3.05) is 11.9 Å². The summed E-state index contributed by atoms with van der Waals surface area (Å²) in [4.78, 5) is 11.4. The average molecular weight is 283 g/mol. The molecule has 0 aliphatic carbocycles. The number of fused-ring (bicyclic) bond motifs is 3. The lowest BCUT2D eigenvalue weighted by Crippen LogP contribution is -2.16. The predicted molar refractivity (Wildman–Crippen MR) is 69.0 cm³/mol. The van der Waals surface area contributed by atoms with Gasteiger partial charge in [0.15, 0.2) is 0 Å². The molecule has 1 aromatic carbocycles. The fourth-order valence-electron chi connectivity index (χ4n) is 2.71. The summed E-state index contributed by atoms with van der Waals surface area (Å²) in [6.45, 7) is 2.52. The van der Waals surface area contributed by atoms with Crippen LogP contribution in [-0.4, -0.2) is 6.54 Å². The zero-order chi connectivity index (χ0) is 14.5. The van der Waals surface area contributed by atoms with Crippen LogP contribution in [0.25, 0.3) is 11.0 Å². The highest BCUT2D eigenvalue weighted by Gasteiger charge is 2.35. The van der Waals surface area contributed by atoms with Gasteiger partial charge < -0.3 is 9.73 Å². The van der Waals surface area contributed by atoms with Gasteiger partial charge in [-0.2, -0.15) is 13.2 Å². The van der Waals surface area contributed by atoms with Crippen LogP contribution >= 0.6 is 0 Å². The van der Waals surface area contributed by atoms with Gasteiger partial charge in [0.05, 0.1) is 5.56 Å². The second-order valence-corrected chi connectivity index (χ2v) is 4.93. The molecule has 0 radical (unpaired) electrons. The first-order chi connectivity index (χ1) is 9.38. The predicted octanol–water partition coefficient (Wildman–Crippen LogP) is 3.48. The van der Waals surface area contributed by atoms with Crippen LogP contribution in [0.5, 0.6) is 0 Å². The van der Waals surface area contributed by atoms with Gasteiger partial charge in [0, 0.05) is 29.2 Å². The van der Waals surface area contributed by atoms with Crippen LogP contribution in [0, 0.1) is 6.92 Å². The molecule has 0 unspecified atom stereocenters. The molecule has 1 aliphatic heterocycles. The average Bonchev–Trinajstić information content (AvgIpc) is 2.38. The van der Waals surface area contributed by atoms with Gasteiger partial charge in [0.1, 0.15) is 5.58 Å². The molecule has 20 heavy (non-hydrogen) atoms. The van der Waals surface area contributed by atoms with E-state index in [0.717, 1.165) is 24.2 Å². The van der Waals surface area contributed by atoms with Crippen LogP contribution in [0.3, 0.4) is 0 Å². The van der Waals surface area contributed by atoms with E-state index in [0.29, 0.717) is 18.1 Å². The molecule has 1 aromatic heterocycles. The first-order valence-corrected chi connectivity index (χ1v) is 6.29. The number of anilines is 1. The van der Waals surface area contributed by atoms with E-state index < -0.39 is 17.4 Å². The van der Waals surface area contributed by atoms with E-state index in [4.69, 9.17) is 4.42 Å². The van der Waals surface area contributed by atoms with Crippen molar-refractivity contribution in [1.82, 2.24) is 0 Å². The normalized spacial score (nSPS) is 15.0. The van der Waals surface area contributed by atoms with Crippen molar-refractivity contribution >= 4 is 16.7 Å². The van der Waals surface area contributed by atoms with E-state index in [1.54, 1.807) is 6.92 Å². The zero-order valence-corrected chi connectivity index (χ0v) is 10.7. The number of benzene rings is 1. The molecule has 6 heteroatoms. The van der Waals surface area contributed by atoms with Crippen LogP contribution in [-0.2, 0) is 12.6 Å². The Bertz CT molecular complexity index is 747. The minimum absolute atomic E-state index is 0.0444. The van der Waals surface area contributed by atoms with Crippen LogP contribution < -0.4 is 10.9 Å². The molecule has 0 saturated heterocycles. The van der Waals surface area contributed by atoms with Gasteiger partial charge in [0.25, 0.3) is 0 Å². The van der Waals surface area contributed by atoms with E-state index in [1.807, 2.05) is 0 Å². The smallest absolute Gasteiger partial charge is 0.417 e. The second kappa shape index (κ2) is 4.26. The van der Waals surface area contributed by atoms with Crippen LogP contribution in [0.4, 0.5) is 18.9 Å². The molecular formula is C14H12F3NO2. The molecule has 0 atom stereocenters. The third-order valence-electron chi connectivity index (χ3n) is 3.54. The molecule has 0 spiro atoms. The van der Waals surface area contributed by atoms with Gasteiger partial charge in [-0.25, -0.2) is 4.79 Å². The molecular weight excluding hydrogens is 271 g/mol. The van der Waals surface area contributed by atoms with E-state index in [-0.39, 0.29) is 11.0 Å². The van der Waals surface area contributed by atoms with Crippen molar-refractivity contribution in [1.29, 1.82) is 0 Å². The Morgan fingerprint density at radius 2 is 2.05 bits per heavy atom. The van der Waals surface area contributed by atoms with Gasteiger partial charge in [-0.15, -0.1) is 0 Å². The van der Waals surface area contributed by atoms with E-state index in [2.05, 4.69) is 5.32 Å². The van der Waals surface area contributed by atoms with Gasteiger partial charge in [-0.3, -0.25) is 0 Å². The summed E-state index contributed by atoms with van der Waals surface area (Å²) in [6.07, 6.45) is -3.17. The molecule has 0 fully saturated rings. The highest BCUT2D eigenvalue weighted by Crippen LogP contribution is 2.39. The number of halogens is 3. The number of alkyl halides is 3. The minimum Gasteiger partial charge on any atom is -0.422 e. The molecule has 0 amide bonds. The zero-order valence-electron chi connectivity index (χ0n) is 10.7. The highest BCUT2D eigenvalue weighted by molar-refractivity contribution is 5.90. The molecule has 1 N–H and O–H groups in total. The summed E-state index contributed by atoms with van der Waals surface area (Å²) in [6, 6.07) is 1.95. The molecule has 2 aromatic rings. The Balaban J connectivity index is 2.45. The van der Waals surface area contributed by atoms with Crippen molar-refractivity contribution in [2.45, 2.75) is 25.9 Å². The van der Waals surface area contributed by atoms with Crippen LogP contribution in [0.15, 0.2) is 21.3 Å². The minimum atomic E-state index is -4.57. The summed E-state index contributed by atoms with van der Waals surface area (Å²) in [5, 5.41) is 3.11. The van der Waals surface area contributed by atoms with Gasteiger partial charge in [-0.05, 0) is 31.4 Å². The van der Waals surface area contributed by atoms with Crippen molar-refractivity contribution in [3.05, 3.63) is 39.2 Å². The Hall–Kier alpha value is -1.98. The van der Waals surface area contributed by atoms with E-state index in [9.17, 15) is 18.0 Å². The topological polar surface area (TPSA) is 42.2 Å². The first-order valence-electron chi connectivity index (χ1n) is 6.29. The van der Waals surface area contributed by atoms with Crippen LogP contribution in [0.1, 0.15) is 23.1 Å². The standard InChI is InChI=1S/C14H12F3NO2/c1-7-5-9-10(14(15,16)17)6-11(19)20-13(9)8-3-2-4-18-12(7)8/h5-6,18H,2-4H2,1H3. The monoisotopic (exact) mass is 283 g/mol. The lowest BCUT2D eigenvalue weighted by atomic mass is 9.95. The van der Waals surface area contributed by atoms with E-state index in [1.165, 1.54) is 6.07 Å². The maximum atomic E-state index is 13.1.